The number of imidazole rings is 1. The molecule has 0 aliphatic heterocycles. The average Bonchev–Trinajstić information content (AvgIpc) is 2.81. The van der Waals surface area contributed by atoms with Crippen molar-refractivity contribution in [3.05, 3.63) is 64.3 Å². The molecule has 0 saturated carbocycles. The molecule has 0 atom stereocenters. The van der Waals surface area contributed by atoms with E-state index in [4.69, 9.17) is 0 Å². The quantitative estimate of drug-likeness (QED) is 0.710. The molecular formula is C17H18FN3O3S. The van der Waals surface area contributed by atoms with E-state index in [1.54, 1.807) is 38.4 Å². The first-order valence-electron chi connectivity index (χ1n) is 7.58. The number of fused-ring (bicyclic) bond motifs is 1. The monoisotopic (exact) mass is 363 g/mol. The second kappa shape index (κ2) is 6.12. The third kappa shape index (κ3) is 2.87. The Labute approximate surface area is 144 Å². The maximum atomic E-state index is 13.8. The first-order chi connectivity index (χ1) is 11.7. The summed E-state index contributed by atoms with van der Waals surface area (Å²) in [4.78, 5) is 12.0. The van der Waals surface area contributed by atoms with Crippen LogP contribution in [0.1, 0.15) is 5.56 Å². The van der Waals surface area contributed by atoms with Crippen LogP contribution in [0.2, 0.25) is 0 Å². The highest BCUT2D eigenvalue weighted by atomic mass is 32.2. The fraction of sp³-hybridized carbons (Fsp3) is 0.235. The van der Waals surface area contributed by atoms with Crippen LogP contribution in [0.15, 0.2) is 52.2 Å². The lowest BCUT2D eigenvalue weighted by Crippen LogP contribution is -2.27. The minimum atomic E-state index is -3.82. The maximum Gasteiger partial charge on any atom is 0.328 e. The first-order valence-corrected chi connectivity index (χ1v) is 9.02. The van der Waals surface area contributed by atoms with Crippen molar-refractivity contribution in [2.75, 3.05) is 7.05 Å². The van der Waals surface area contributed by atoms with Crippen molar-refractivity contribution in [2.24, 2.45) is 14.1 Å². The molecule has 0 fully saturated rings. The Morgan fingerprint density at radius 1 is 1.04 bits per heavy atom. The molecule has 6 nitrogen and oxygen atoms in total. The normalized spacial score (nSPS) is 12.2. The standard InChI is InChI=1S/C17H18FN3O3S/c1-19(11-12-6-4-5-7-14(12)18)25(23,24)13-8-9-15-16(10-13)21(3)17(22)20(15)2/h4-10H,11H2,1-3H3. The number of halogens is 1. The van der Waals surface area contributed by atoms with Gasteiger partial charge in [-0.1, -0.05) is 18.2 Å². The topological polar surface area (TPSA) is 64.3 Å². The molecule has 0 amide bonds. The fourth-order valence-electron chi connectivity index (χ4n) is 2.78. The highest BCUT2D eigenvalue weighted by Gasteiger charge is 2.23. The number of hydrogen-bond acceptors (Lipinski definition) is 3. The number of nitrogens with zero attached hydrogens (tertiary/aromatic N) is 3. The summed E-state index contributed by atoms with van der Waals surface area (Å²) in [6.45, 7) is -0.0826. The van der Waals surface area contributed by atoms with Crippen molar-refractivity contribution in [3.63, 3.8) is 0 Å². The van der Waals surface area contributed by atoms with Crippen molar-refractivity contribution in [3.8, 4) is 0 Å². The molecule has 0 aliphatic carbocycles. The smallest absolute Gasteiger partial charge is 0.295 e. The van der Waals surface area contributed by atoms with Crippen molar-refractivity contribution < 1.29 is 12.8 Å². The molecule has 3 rings (SSSR count). The summed E-state index contributed by atoms with van der Waals surface area (Å²) in [5.41, 5.74) is 1.22. The van der Waals surface area contributed by atoms with Gasteiger partial charge in [-0.3, -0.25) is 9.13 Å². The van der Waals surface area contributed by atoms with E-state index in [1.165, 1.54) is 34.4 Å². The van der Waals surface area contributed by atoms with Gasteiger partial charge >= 0.3 is 5.69 Å². The number of hydrogen-bond donors (Lipinski definition) is 0. The Hall–Kier alpha value is -2.45. The summed E-state index contributed by atoms with van der Waals surface area (Å²) in [6.07, 6.45) is 0. The Kier molecular flexibility index (Phi) is 4.26. The Bertz CT molecular complexity index is 1120. The van der Waals surface area contributed by atoms with Crippen LogP contribution in [0.3, 0.4) is 0 Å². The molecule has 0 N–H and O–H groups in total. The molecular weight excluding hydrogens is 345 g/mol. The van der Waals surface area contributed by atoms with Crippen LogP contribution in [0, 0.1) is 5.82 Å². The number of aromatic nitrogens is 2. The minimum Gasteiger partial charge on any atom is -0.295 e. The zero-order valence-electron chi connectivity index (χ0n) is 14.1. The third-order valence-electron chi connectivity index (χ3n) is 4.30. The predicted octanol–water partition coefficient (Wildman–Crippen LogP) is 1.84. The van der Waals surface area contributed by atoms with Crippen molar-refractivity contribution in [1.29, 1.82) is 0 Å². The van der Waals surface area contributed by atoms with Gasteiger partial charge in [0, 0.05) is 33.3 Å². The van der Waals surface area contributed by atoms with Gasteiger partial charge in [-0.2, -0.15) is 4.31 Å². The van der Waals surface area contributed by atoms with E-state index in [2.05, 4.69) is 0 Å². The molecule has 0 unspecified atom stereocenters. The fourth-order valence-corrected chi connectivity index (χ4v) is 3.95. The second-order valence-corrected chi connectivity index (χ2v) is 7.95. The maximum absolute atomic E-state index is 13.8. The van der Waals surface area contributed by atoms with Crippen LogP contribution < -0.4 is 5.69 Å². The van der Waals surface area contributed by atoms with E-state index in [-0.39, 0.29) is 17.1 Å². The zero-order chi connectivity index (χ0) is 18.4. The lowest BCUT2D eigenvalue weighted by molar-refractivity contribution is 0.456. The van der Waals surface area contributed by atoms with Gasteiger partial charge in [-0.05, 0) is 24.3 Å². The summed E-state index contributed by atoms with van der Waals surface area (Å²) in [5, 5.41) is 0. The van der Waals surface area contributed by atoms with Gasteiger partial charge in [0.1, 0.15) is 5.82 Å². The van der Waals surface area contributed by atoms with Crippen LogP contribution in [-0.2, 0) is 30.7 Å². The van der Waals surface area contributed by atoms with Gasteiger partial charge in [0.2, 0.25) is 10.0 Å². The van der Waals surface area contributed by atoms with E-state index >= 15 is 0 Å². The Morgan fingerprint density at radius 3 is 2.36 bits per heavy atom. The number of benzene rings is 2. The molecule has 0 aliphatic rings. The van der Waals surface area contributed by atoms with Gasteiger partial charge in [0.25, 0.3) is 0 Å². The van der Waals surface area contributed by atoms with Gasteiger partial charge in [-0.25, -0.2) is 17.6 Å². The summed E-state index contributed by atoms with van der Waals surface area (Å²) >= 11 is 0. The average molecular weight is 363 g/mol. The van der Waals surface area contributed by atoms with Crippen molar-refractivity contribution in [1.82, 2.24) is 13.4 Å². The van der Waals surface area contributed by atoms with E-state index in [1.807, 2.05) is 0 Å². The highest BCUT2D eigenvalue weighted by Crippen LogP contribution is 2.22. The van der Waals surface area contributed by atoms with Gasteiger partial charge in [-0.15, -0.1) is 0 Å². The summed E-state index contributed by atoms with van der Waals surface area (Å²) in [5.74, 6) is -0.453. The molecule has 0 radical (unpaired) electrons. The van der Waals surface area contributed by atoms with Gasteiger partial charge in [0.15, 0.2) is 0 Å². The van der Waals surface area contributed by atoms with Crippen LogP contribution in [-0.4, -0.2) is 28.9 Å². The van der Waals surface area contributed by atoms with Crippen molar-refractivity contribution in [2.45, 2.75) is 11.4 Å². The van der Waals surface area contributed by atoms with E-state index in [9.17, 15) is 17.6 Å². The van der Waals surface area contributed by atoms with Crippen LogP contribution in [0.25, 0.3) is 11.0 Å². The number of aryl methyl sites for hydroxylation is 2. The molecule has 2 aromatic carbocycles. The molecule has 0 bridgehead atoms. The summed E-state index contributed by atoms with van der Waals surface area (Å²) in [7, 11) is 0.791. The van der Waals surface area contributed by atoms with E-state index in [0.29, 0.717) is 16.6 Å². The van der Waals surface area contributed by atoms with Crippen LogP contribution in [0.5, 0.6) is 0 Å². The van der Waals surface area contributed by atoms with Gasteiger partial charge in [0.05, 0.1) is 15.9 Å². The third-order valence-corrected chi connectivity index (χ3v) is 6.10. The molecule has 1 aromatic heterocycles. The lowest BCUT2D eigenvalue weighted by atomic mass is 10.2. The van der Waals surface area contributed by atoms with E-state index in [0.717, 1.165) is 4.31 Å². The van der Waals surface area contributed by atoms with E-state index < -0.39 is 15.8 Å². The zero-order valence-corrected chi connectivity index (χ0v) is 14.9. The van der Waals surface area contributed by atoms with Crippen LogP contribution >= 0.6 is 0 Å². The molecule has 3 aromatic rings. The summed E-state index contributed by atoms with van der Waals surface area (Å²) in [6, 6.07) is 10.6. The molecule has 0 saturated heterocycles. The highest BCUT2D eigenvalue weighted by molar-refractivity contribution is 7.89. The number of sulfonamides is 1. The summed E-state index contributed by atoms with van der Waals surface area (Å²) < 4.78 is 43.3. The Morgan fingerprint density at radius 2 is 1.68 bits per heavy atom. The second-order valence-electron chi connectivity index (χ2n) is 5.90. The van der Waals surface area contributed by atoms with Gasteiger partial charge < -0.3 is 0 Å². The first kappa shape index (κ1) is 17.4. The SMILES string of the molecule is CN(Cc1ccccc1F)S(=O)(=O)c1ccc2c(c1)n(C)c(=O)n2C. The molecule has 1 heterocycles. The molecule has 25 heavy (non-hydrogen) atoms. The molecule has 8 heteroatoms. The molecule has 132 valence electrons. The van der Waals surface area contributed by atoms with Crippen molar-refractivity contribution >= 4 is 21.1 Å². The van der Waals surface area contributed by atoms with Crippen LogP contribution in [0.4, 0.5) is 4.39 Å². The Balaban J connectivity index is 2.02. The minimum absolute atomic E-state index is 0.0556. The lowest BCUT2D eigenvalue weighted by Gasteiger charge is -2.18. The predicted molar refractivity (Wildman–Crippen MR) is 93.2 cm³/mol. The number of rotatable bonds is 4. The molecule has 0 spiro atoms. The largest absolute Gasteiger partial charge is 0.328 e.